The second-order valence-corrected chi connectivity index (χ2v) is 5.44. The van der Waals surface area contributed by atoms with E-state index in [9.17, 15) is 0 Å². The molecular weight excluding hydrogens is 271 g/mol. The minimum Gasteiger partial charge on any atom is -0.381 e. The van der Waals surface area contributed by atoms with Crippen LogP contribution in [0, 0.1) is 5.92 Å². The van der Waals surface area contributed by atoms with Crippen molar-refractivity contribution in [3.63, 3.8) is 0 Å². The van der Waals surface area contributed by atoms with Crippen LogP contribution in [0.4, 0.5) is 5.82 Å². The summed E-state index contributed by atoms with van der Waals surface area (Å²) in [5.74, 6) is 1.46. The van der Waals surface area contributed by atoms with E-state index in [0.29, 0.717) is 27.5 Å². The number of hydrogen-bond donors (Lipinski definition) is 1. The van der Waals surface area contributed by atoms with Crippen LogP contribution in [0.3, 0.4) is 0 Å². The molecule has 0 aliphatic carbocycles. The molecule has 1 aromatic heterocycles. The third-order valence-corrected chi connectivity index (χ3v) is 3.17. The van der Waals surface area contributed by atoms with Crippen LogP contribution >= 0.6 is 23.2 Å². The summed E-state index contributed by atoms with van der Waals surface area (Å²) in [6, 6.07) is 5.22. The Labute approximate surface area is 116 Å². The molecule has 0 amide bonds. The Hall–Kier alpha value is -1.19. The lowest BCUT2D eigenvalue weighted by molar-refractivity contribution is 0.434. The SMILES string of the molecule is CC(C)Cc1c(N)noc1-c1cc(Cl)ccc1Cl. The molecule has 0 saturated carbocycles. The molecule has 0 aliphatic heterocycles. The molecule has 0 saturated heterocycles. The van der Waals surface area contributed by atoms with Gasteiger partial charge < -0.3 is 10.3 Å². The maximum absolute atomic E-state index is 6.16. The smallest absolute Gasteiger partial charge is 0.173 e. The Balaban J connectivity index is 2.53. The van der Waals surface area contributed by atoms with Gasteiger partial charge in [-0.15, -0.1) is 0 Å². The number of anilines is 1. The zero-order valence-electron chi connectivity index (χ0n) is 10.2. The van der Waals surface area contributed by atoms with Crippen LogP contribution < -0.4 is 5.73 Å². The summed E-state index contributed by atoms with van der Waals surface area (Å²) >= 11 is 12.1. The van der Waals surface area contributed by atoms with Crippen molar-refractivity contribution in [3.05, 3.63) is 33.8 Å². The molecule has 3 nitrogen and oxygen atoms in total. The van der Waals surface area contributed by atoms with Gasteiger partial charge in [0.2, 0.25) is 0 Å². The summed E-state index contributed by atoms with van der Waals surface area (Å²) < 4.78 is 5.30. The molecule has 2 rings (SSSR count). The molecule has 2 aromatic rings. The standard InChI is InChI=1S/C13H14Cl2N2O/c1-7(2)5-10-12(18-17-13(10)16)9-6-8(14)3-4-11(9)15/h3-4,6-7H,5H2,1-2H3,(H2,16,17). The number of halogens is 2. The lowest BCUT2D eigenvalue weighted by Gasteiger charge is -2.06. The van der Waals surface area contributed by atoms with E-state index in [1.807, 2.05) is 0 Å². The van der Waals surface area contributed by atoms with Gasteiger partial charge in [-0.25, -0.2) is 0 Å². The molecule has 1 heterocycles. The van der Waals surface area contributed by atoms with E-state index in [1.54, 1.807) is 18.2 Å². The number of nitrogen functional groups attached to an aromatic ring is 1. The first-order chi connectivity index (χ1) is 8.49. The predicted molar refractivity (Wildman–Crippen MR) is 74.9 cm³/mol. The molecule has 18 heavy (non-hydrogen) atoms. The van der Waals surface area contributed by atoms with Gasteiger partial charge in [-0.2, -0.15) is 0 Å². The van der Waals surface area contributed by atoms with E-state index >= 15 is 0 Å². The highest BCUT2D eigenvalue weighted by Gasteiger charge is 2.19. The van der Waals surface area contributed by atoms with Crippen LogP contribution in [-0.4, -0.2) is 5.16 Å². The summed E-state index contributed by atoms with van der Waals surface area (Å²) in [6.07, 6.45) is 0.785. The maximum atomic E-state index is 6.16. The zero-order valence-corrected chi connectivity index (χ0v) is 11.7. The summed E-state index contributed by atoms with van der Waals surface area (Å²) in [7, 11) is 0. The fraction of sp³-hybridized carbons (Fsp3) is 0.308. The van der Waals surface area contributed by atoms with Crippen LogP contribution in [-0.2, 0) is 6.42 Å². The van der Waals surface area contributed by atoms with Crippen LogP contribution in [0.2, 0.25) is 10.0 Å². The number of nitrogens with two attached hydrogens (primary N) is 1. The molecular formula is C13H14Cl2N2O. The zero-order chi connectivity index (χ0) is 13.3. The third kappa shape index (κ3) is 2.62. The first kappa shape index (κ1) is 13.2. The van der Waals surface area contributed by atoms with E-state index in [4.69, 9.17) is 33.5 Å². The molecule has 0 spiro atoms. The summed E-state index contributed by atoms with van der Waals surface area (Å²) in [5.41, 5.74) is 7.44. The van der Waals surface area contributed by atoms with E-state index in [2.05, 4.69) is 19.0 Å². The third-order valence-electron chi connectivity index (χ3n) is 2.60. The Morgan fingerprint density at radius 1 is 1.33 bits per heavy atom. The highest BCUT2D eigenvalue weighted by atomic mass is 35.5. The van der Waals surface area contributed by atoms with Crippen molar-refractivity contribution in [1.29, 1.82) is 0 Å². The minimum atomic E-state index is 0.412. The molecule has 1 aromatic carbocycles. The van der Waals surface area contributed by atoms with Gasteiger partial charge >= 0.3 is 0 Å². The van der Waals surface area contributed by atoms with Crippen LogP contribution in [0.5, 0.6) is 0 Å². The van der Waals surface area contributed by atoms with Gasteiger partial charge in [0.1, 0.15) is 0 Å². The lowest BCUT2D eigenvalue weighted by Crippen LogP contribution is -1.99. The second kappa shape index (κ2) is 5.21. The Morgan fingerprint density at radius 2 is 2.06 bits per heavy atom. The maximum Gasteiger partial charge on any atom is 0.173 e. The van der Waals surface area contributed by atoms with Crippen molar-refractivity contribution >= 4 is 29.0 Å². The molecule has 0 atom stereocenters. The molecule has 0 fully saturated rings. The predicted octanol–water partition coefficient (Wildman–Crippen LogP) is 4.43. The van der Waals surface area contributed by atoms with Gasteiger partial charge in [0.15, 0.2) is 11.6 Å². The molecule has 2 N–H and O–H groups in total. The number of benzene rings is 1. The monoisotopic (exact) mass is 284 g/mol. The largest absolute Gasteiger partial charge is 0.381 e. The van der Waals surface area contributed by atoms with Crippen molar-refractivity contribution in [2.45, 2.75) is 20.3 Å². The van der Waals surface area contributed by atoms with Crippen molar-refractivity contribution in [1.82, 2.24) is 5.16 Å². The fourth-order valence-electron chi connectivity index (χ4n) is 1.81. The minimum absolute atomic E-state index is 0.412. The van der Waals surface area contributed by atoms with Gasteiger partial charge in [0.05, 0.1) is 5.02 Å². The Kier molecular flexibility index (Phi) is 3.83. The average Bonchev–Trinajstić information content (AvgIpc) is 2.64. The van der Waals surface area contributed by atoms with Crippen molar-refractivity contribution in [3.8, 4) is 11.3 Å². The molecule has 96 valence electrons. The van der Waals surface area contributed by atoms with Gasteiger partial charge in [0, 0.05) is 16.1 Å². The summed E-state index contributed by atoms with van der Waals surface area (Å²) in [4.78, 5) is 0. The van der Waals surface area contributed by atoms with Crippen molar-refractivity contribution in [2.75, 3.05) is 5.73 Å². The summed E-state index contributed by atoms with van der Waals surface area (Å²) in [5, 5.41) is 4.98. The molecule has 0 aliphatic rings. The van der Waals surface area contributed by atoms with Crippen molar-refractivity contribution < 1.29 is 4.52 Å². The lowest BCUT2D eigenvalue weighted by atomic mass is 10.00. The highest BCUT2D eigenvalue weighted by Crippen LogP contribution is 2.35. The average molecular weight is 285 g/mol. The van der Waals surface area contributed by atoms with Gasteiger partial charge in [-0.1, -0.05) is 42.2 Å². The molecule has 0 bridgehead atoms. The fourth-order valence-corrected chi connectivity index (χ4v) is 2.19. The van der Waals surface area contributed by atoms with Gasteiger partial charge in [-0.05, 0) is 30.5 Å². The number of rotatable bonds is 3. The quantitative estimate of drug-likeness (QED) is 0.907. The van der Waals surface area contributed by atoms with Crippen LogP contribution in [0.15, 0.2) is 22.7 Å². The number of nitrogens with zero attached hydrogens (tertiary/aromatic N) is 1. The molecule has 5 heteroatoms. The van der Waals surface area contributed by atoms with Gasteiger partial charge in [-0.3, -0.25) is 0 Å². The van der Waals surface area contributed by atoms with Gasteiger partial charge in [0.25, 0.3) is 0 Å². The van der Waals surface area contributed by atoms with Crippen LogP contribution in [0.1, 0.15) is 19.4 Å². The van der Waals surface area contributed by atoms with E-state index in [0.717, 1.165) is 17.5 Å². The van der Waals surface area contributed by atoms with E-state index in [1.165, 1.54) is 0 Å². The molecule has 0 radical (unpaired) electrons. The van der Waals surface area contributed by atoms with E-state index in [-0.39, 0.29) is 0 Å². The summed E-state index contributed by atoms with van der Waals surface area (Å²) in [6.45, 7) is 4.21. The second-order valence-electron chi connectivity index (χ2n) is 4.60. The normalized spacial score (nSPS) is 11.2. The van der Waals surface area contributed by atoms with E-state index < -0.39 is 0 Å². The molecule has 0 unspecified atom stereocenters. The number of aromatic nitrogens is 1. The first-order valence-electron chi connectivity index (χ1n) is 5.68. The topological polar surface area (TPSA) is 52.0 Å². The number of hydrogen-bond acceptors (Lipinski definition) is 3. The highest BCUT2D eigenvalue weighted by molar-refractivity contribution is 6.35. The Bertz CT molecular complexity index is 564. The first-order valence-corrected chi connectivity index (χ1v) is 6.44. The van der Waals surface area contributed by atoms with Crippen molar-refractivity contribution in [2.24, 2.45) is 5.92 Å². The van der Waals surface area contributed by atoms with Crippen LogP contribution in [0.25, 0.3) is 11.3 Å². The Morgan fingerprint density at radius 3 is 2.72 bits per heavy atom.